The van der Waals surface area contributed by atoms with Crippen LogP contribution in [0.25, 0.3) is 0 Å². The molecule has 2 aromatic rings. The Hall–Kier alpha value is -2.28. The van der Waals surface area contributed by atoms with E-state index in [-0.39, 0.29) is 12.1 Å². The number of hydrogen-bond acceptors (Lipinski definition) is 4. The van der Waals surface area contributed by atoms with Crippen molar-refractivity contribution in [1.82, 2.24) is 25.0 Å². The van der Waals surface area contributed by atoms with E-state index >= 15 is 0 Å². The highest BCUT2D eigenvalue weighted by molar-refractivity contribution is 6.32. The summed E-state index contributed by atoms with van der Waals surface area (Å²) in [5, 5.41) is 7.83. The second-order valence-electron chi connectivity index (χ2n) is 6.07. The van der Waals surface area contributed by atoms with Crippen molar-refractivity contribution in [3.8, 4) is 0 Å². The molecular formula is C16H21ClN6O. The quantitative estimate of drug-likeness (QED) is 0.916. The number of pyridine rings is 1. The van der Waals surface area contributed by atoms with E-state index in [0.29, 0.717) is 18.1 Å². The Kier molecular flexibility index (Phi) is 4.89. The van der Waals surface area contributed by atoms with Crippen LogP contribution in [0.5, 0.6) is 0 Å². The highest BCUT2D eigenvalue weighted by atomic mass is 35.5. The van der Waals surface area contributed by atoms with Gasteiger partial charge in [0.15, 0.2) is 0 Å². The fourth-order valence-electron chi connectivity index (χ4n) is 2.86. The molecule has 1 N–H and O–H groups in total. The maximum atomic E-state index is 12.3. The van der Waals surface area contributed by atoms with Gasteiger partial charge in [-0.25, -0.2) is 9.78 Å². The predicted molar refractivity (Wildman–Crippen MR) is 93.1 cm³/mol. The summed E-state index contributed by atoms with van der Waals surface area (Å²) < 4.78 is 1.73. The first kappa shape index (κ1) is 16.6. The first-order chi connectivity index (χ1) is 11.5. The first-order valence-electron chi connectivity index (χ1n) is 7.87. The third-order valence-corrected chi connectivity index (χ3v) is 4.37. The molecule has 0 bridgehead atoms. The van der Waals surface area contributed by atoms with Crippen LogP contribution in [0.4, 0.5) is 10.6 Å². The summed E-state index contributed by atoms with van der Waals surface area (Å²) in [7, 11) is 3.64. The predicted octanol–water partition coefficient (Wildman–Crippen LogP) is 1.89. The van der Waals surface area contributed by atoms with Crippen LogP contribution in [-0.2, 0) is 13.6 Å². The van der Waals surface area contributed by atoms with E-state index in [4.69, 9.17) is 11.6 Å². The van der Waals surface area contributed by atoms with Gasteiger partial charge in [-0.2, -0.15) is 5.10 Å². The summed E-state index contributed by atoms with van der Waals surface area (Å²) in [4.78, 5) is 20.4. The number of carbonyl (C=O) groups is 1. The molecule has 0 saturated carbocycles. The van der Waals surface area contributed by atoms with Crippen LogP contribution in [0.3, 0.4) is 0 Å². The monoisotopic (exact) mass is 348 g/mol. The van der Waals surface area contributed by atoms with Gasteiger partial charge in [-0.3, -0.25) is 4.68 Å². The number of halogens is 1. The number of anilines is 1. The van der Waals surface area contributed by atoms with Crippen molar-refractivity contribution in [3.63, 3.8) is 0 Å². The molecule has 0 spiro atoms. The highest BCUT2D eigenvalue weighted by Crippen LogP contribution is 2.25. The molecular weight excluding hydrogens is 328 g/mol. The molecule has 1 fully saturated rings. The minimum atomic E-state index is -0.0854. The van der Waals surface area contributed by atoms with Crippen LogP contribution in [0.15, 0.2) is 30.7 Å². The minimum absolute atomic E-state index is 0.0854. The van der Waals surface area contributed by atoms with Gasteiger partial charge < -0.3 is 15.1 Å². The topological polar surface area (TPSA) is 66.3 Å². The van der Waals surface area contributed by atoms with Gasteiger partial charge in [0.05, 0.1) is 17.8 Å². The summed E-state index contributed by atoms with van der Waals surface area (Å²) in [5.41, 5.74) is 1.00. The number of nitrogens with one attached hydrogen (secondary N) is 1. The van der Waals surface area contributed by atoms with Gasteiger partial charge in [-0.1, -0.05) is 11.6 Å². The summed E-state index contributed by atoms with van der Waals surface area (Å²) in [5.74, 6) is 0.777. The third-order valence-electron chi connectivity index (χ3n) is 4.08. The molecule has 0 aromatic carbocycles. The molecule has 24 heavy (non-hydrogen) atoms. The standard InChI is InChI=1S/C16H21ClN6O/c1-21(9-12-8-19-22(2)10-12)16(24)20-13-5-7-23(11-13)15-14(17)4-3-6-18-15/h3-4,6,8,10,13H,5,7,9,11H2,1-2H3,(H,20,24). The molecule has 1 aliphatic heterocycles. The van der Waals surface area contributed by atoms with Gasteiger partial charge in [-0.05, 0) is 18.6 Å². The Morgan fingerprint density at radius 1 is 1.54 bits per heavy atom. The Labute approximate surface area is 146 Å². The van der Waals surface area contributed by atoms with E-state index in [2.05, 4.69) is 20.3 Å². The molecule has 8 heteroatoms. The van der Waals surface area contributed by atoms with E-state index < -0.39 is 0 Å². The number of amides is 2. The van der Waals surface area contributed by atoms with Crippen LogP contribution in [0.1, 0.15) is 12.0 Å². The molecule has 3 rings (SSSR count). The summed E-state index contributed by atoms with van der Waals surface area (Å²) in [6.45, 7) is 2.07. The maximum Gasteiger partial charge on any atom is 0.317 e. The van der Waals surface area contributed by atoms with E-state index in [9.17, 15) is 4.79 Å². The molecule has 1 unspecified atom stereocenters. The molecule has 2 amide bonds. The molecule has 1 aliphatic rings. The van der Waals surface area contributed by atoms with Gasteiger partial charge in [0.1, 0.15) is 5.82 Å². The SMILES string of the molecule is CN(Cc1cnn(C)c1)C(=O)NC1CCN(c2ncccc2Cl)C1. The summed E-state index contributed by atoms with van der Waals surface area (Å²) in [6.07, 6.45) is 6.28. The molecule has 3 heterocycles. The van der Waals surface area contributed by atoms with Gasteiger partial charge in [0.2, 0.25) is 0 Å². The Morgan fingerprint density at radius 2 is 2.38 bits per heavy atom. The first-order valence-corrected chi connectivity index (χ1v) is 8.25. The van der Waals surface area contributed by atoms with Crippen molar-refractivity contribution in [2.24, 2.45) is 7.05 Å². The fraction of sp³-hybridized carbons (Fsp3) is 0.438. The number of aryl methyl sites for hydroxylation is 1. The van der Waals surface area contributed by atoms with Crippen molar-refractivity contribution in [1.29, 1.82) is 0 Å². The number of hydrogen-bond donors (Lipinski definition) is 1. The van der Waals surface area contributed by atoms with Gasteiger partial charge in [0.25, 0.3) is 0 Å². The van der Waals surface area contributed by atoms with Crippen molar-refractivity contribution in [2.75, 3.05) is 25.0 Å². The lowest BCUT2D eigenvalue weighted by molar-refractivity contribution is 0.203. The lowest BCUT2D eigenvalue weighted by Crippen LogP contribution is -2.44. The van der Waals surface area contributed by atoms with Crippen LogP contribution in [0.2, 0.25) is 5.02 Å². The number of rotatable bonds is 4. The maximum absolute atomic E-state index is 12.3. The van der Waals surface area contributed by atoms with Crippen molar-refractivity contribution < 1.29 is 4.79 Å². The smallest absolute Gasteiger partial charge is 0.317 e. The average molecular weight is 349 g/mol. The van der Waals surface area contributed by atoms with Gasteiger partial charge in [-0.15, -0.1) is 0 Å². The molecule has 128 valence electrons. The van der Waals surface area contributed by atoms with Crippen LogP contribution < -0.4 is 10.2 Å². The minimum Gasteiger partial charge on any atom is -0.353 e. The second kappa shape index (κ2) is 7.09. The summed E-state index contributed by atoms with van der Waals surface area (Å²) >= 11 is 6.19. The summed E-state index contributed by atoms with van der Waals surface area (Å²) in [6, 6.07) is 3.65. The van der Waals surface area contributed by atoms with Crippen LogP contribution >= 0.6 is 11.6 Å². The lowest BCUT2D eigenvalue weighted by Gasteiger charge is -2.22. The van der Waals surface area contributed by atoms with Crippen LogP contribution in [-0.4, -0.2) is 51.9 Å². The number of carbonyl (C=O) groups excluding carboxylic acids is 1. The molecule has 1 saturated heterocycles. The van der Waals surface area contributed by atoms with Crippen molar-refractivity contribution >= 4 is 23.4 Å². The van der Waals surface area contributed by atoms with Gasteiger partial charge in [0, 0.05) is 51.2 Å². The number of nitrogens with zero attached hydrogens (tertiary/aromatic N) is 5. The van der Waals surface area contributed by atoms with Crippen molar-refractivity contribution in [3.05, 3.63) is 41.3 Å². The van der Waals surface area contributed by atoms with E-state index in [0.717, 1.165) is 24.3 Å². The zero-order valence-electron chi connectivity index (χ0n) is 13.8. The zero-order valence-corrected chi connectivity index (χ0v) is 14.6. The molecule has 7 nitrogen and oxygen atoms in total. The highest BCUT2D eigenvalue weighted by Gasteiger charge is 2.26. The third kappa shape index (κ3) is 3.79. The normalized spacial score (nSPS) is 17.1. The lowest BCUT2D eigenvalue weighted by atomic mass is 10.2. The van der Waals surface area contributed by atoms with E-state index in [1.54, 1.807) is 29.0 Å². The molecule has 0 radical (unpaired) electrons. The fourth-order valence-corrected chi connectivity index (χ4v) is 3.11. The van der Waals surface area contributed by atoms with Crippen LogP contribution in [0, 0.1) is 0 Å². The molecule has 2 aromatic heterocycles. The molecule has 0 aliphatic carbocycles. The number of urea groups is 1. The average Bonchev–Trinajstić information content (AvgIpc) is 3.17. The zero-order chi connectivity index (χ0) is 17.1. The largest absolute Gasteiger partial charge is 0.353 e. The van der Waals surface area contributed by atoms with E-state index in [1.165, 1.54) is 0 Å². The van der Waals surface area contributed by atoms with Gasteiger partial charge >= 0.3 is 6.03 Å². The van der Waals surface area contributed by atoms with E-state index in [1.807, 2.05) is 25.4 Å². The second-order valence-corrected chi connectivity index (χ2v) is 6.48. The van der Waals surface area contributed by atoms with Crippen molar-refractivity contribution in [2.45, 2.75) is 19.0 Å². The number of aromatic nitrogens is 3. The Morgan fingerprint density at radius 3 is 3.08 bits per heavy atom. The Balaban J connectivity index is 1.53. The molecule has 1 atom stereocenters. The Bertz CT molecular complexity index is 718.